The highest BCUT2D eigenvalue weighted by molar-refractivity contribution is 9.10. The summed E-state index contributed by atoms with van der Waals surface area (Å²) < 4.78 is 8.23. The topological polar surface area (TPSA) is 67.6 Å². The first-order valence-corrected chi connectivity index (χ1v) is 11.1. The molecule has 4 aromatic rings. The van der Waals surface area contributed by atoms with Crippen molar-refractivity contribution in [1.82, 2.24) is 19.6 Å². The van der Waals surface area contributed by atoms with Crippen LogP contribution in [-0.4, -0.2) is 45.9 Å². The number of hydrogen-bond acceptors (Lipinski definition) is 6. The van der Waals surface area contributed by atoms with Gasteiger partial charge in [0.15, 0.2) is 5.82 Å². The van der Waals surface area contributed by atoms with Gasteiger partial charge in [-0.15, -0.1) is 5.10 Å². The lowest BCUT2D eigenvalue weighted by Crippen LogP contribution is -2.36. The fourth-order valence-electron chi connectivity index (χ4n) is 3.67. The number of fused-ring (bicyclic) bond motifs is 1. The minimum absolute atomic E-state index is 0.469. The number of hydrogen-bond donors (Lipinski definition) is 1. The van der Waals surface area contributed by atoms with Gasteiger partial charge in [-0.1, -0.05) is 39.7 Å². The Bertz CT molecular complexity index is 1250. The van der Waals surface area contributed by atoms with Crippen molar-refractivity contribution in [2.45, 2.75) is 6.92 Å². The molecular weight excluding hydrogens is 480 g/mol. The Labute approximate surface area is 193 Å². The van der Waals surface area contributed by atoms with Crippen LogP contribution in [0.3, 0.4) is 0 Å². The molecule has 0 aliphatic carbocycles. The minimum atomic E-state index is 0.469. The fourth-order valence-corrected chi connectivity index (χ4v) is 4.37. The van der Waals surface area contributed by atoms with E-state index < -0.39 is 0 Å². The number of rotatable bonds is 4. The number of halogens is 2. The monoisotopic (exact) mass is 498 g/mol. The van der Waals surface area contributed by atoms with Crippen LogP contribution in [0, 0.1) is 6.92 Å². The Kier molecular flexibility index (Phi) is 5.52. The molecule has 0 radical (unpaired) electrons. The Morgan fingerprint density at radius 2 is 1.97 bits per heavy atom. The molecule has 7 nitrogen and oxygen atoms in total. The van der Waals surface area contributed by atoms with Crippen molar-refractivity contribution < 1.29 is 4.74 Å². The number of ether oxygens (including phenoxy) is 1. The number of benzene rings is 2. The SMILES string of the molecule is Cc1nc(-c2cccc(Br)c2)n2nc(Nc3ccc(N4CCOCC4)c(Cl)c3)ncc12. The molecule has 1 saturated heterocycles. The Hall–Kier alpha value is -2.68. The molecule has 0 saturated carbocycles. The van der Waals surface area contributed by atoms with E-state index in [0.717, 1.165) is 64.7 Å². The smallest absolute Gasteiger partial charge is 0.245 e. The van der Waals surface area contributed by atoms with Gasteiger partial charge in [0.25, 0.3) is 0 Å². The van der Waals surface area contributed by atoms with E-state index >= 15 is 0 Å². The molecule has 1 aliphatic heterocycles. The number of morpholine rings is 1. The van der Waals surface area contributed by atoms with E-state index in [1.54, 1.807) is 6.20 Å². The normalized spacial score (nSPS) is 14.2. The Morgan fingerprint density at radius 3 is 2.74 bits per heavy atom. The lowest BCUT2D eigenvalue weighted by Gasteiger charge is -2.29. The lowest BCUT2D eigenvalue weighted by atomic mass is 10.2. The van der Waals surface area contributed by atoms with Gasteiger partial charge in [0.05, 0.1) is 35.8 Å². The van der Waals surface area contributed by atoms with Crippen molar-refractivity contribution in [2.24, 2.45) is 0 Å². The summed E-state index contributed by atoms with van der Waals surface area (Å²) in [5.41, 5.74) is 4.54. The van der Waals surface area contributed by atoms with Gasteiger partial charge in [-0.2, -0.15) is 0 Å². The van der Waals surface area contributed by atoms with E-state index in [0.29, 0.717) is 11.0 Å². The number of aryl methyl sites for hydroxylation is 1. The van der Waals surface area contributed by atoms with Gasteiger partial charge in [-0.25, -0.2) is 14.5 Å². The predicted molar refractivity (Wildman–Crippen MR) is 126 cm³/mol. The summed E-state index contributed by atoms with van der Waals surface area (Å²) in [6, 6.07) is 13.9. The van der Waals surface area contributed by atoms with Gasteiger partial charge >= 0.3 is 0 Å². The van der Waals surface area contributed by atoms with E-state index in [9.17, 15) is 0 Å². The third-order valence-corrected chi connectivity index (χ3v) is 6.01. The molecule has 1 N–H and O–H groups in total. The zero-order chi connectivity index (χ0) is 21.4. The molecule has 9 heteroatoms. The molecule has 2 aromatic heterocycles. The number of nitrogens with zero attached hydrogens (tertiary/aromatic N) is 5. The molecule has 2 aromatic carbocycles. The molecule has 0 bridgehead atoms. The van der Waals surface area contributed by atoms with E-state index in [2.05, 4.69) is 36.2 Å². The fraction of sp³-hybridized carbons (Fsp3) is 0.227. The largest absolute Gasteiger partial charge is 0.378 e. The van der Waals surface area contributed by atoms with E-state index in [4.69, 9.17) is 21.3 Å². The van der Waals surface area contributed by atoms with Gasteiger partial charge < -0.3 is 15.0 Å². The summed E-state index contributed by atoms with van der Waals surface area (Å²) in [7, 11) is 0. The Morgan fingerprint density at radius 1 is 1.13 bits per heavy atom. The van der Waals surface area contributed by atoms with Crippen LogP contribution in [0.4, 0.5) is 17.3 Å². The van der Waals surface area contributed by atoms with Crippen LogP contribution >= 0.6 is 27.5 Å². The van der Waals surface area contributed by atoms with Crippen LogP contribution in [0.25, 0.3) is 16.9 Å². The third-order valence-electron chi connectivity index (χ3n) is 5.22. The van der Waals surface area contributed by atoms with Gasteiger partial charge in [-0.05, 0) is 37.3 Å². The summed E-state index contributed by atoms with van der Waals surface area (Å²) >= 11 is 10.1. The molecule has 0 atom stereocenters. The van der Waals surface area contributed by atoms with Gasteiger partial charge in [0.1, 0.15) is 5.52 Å². The maximum absolute atomic E-state index is 6.56. The van der Waals surface area contributed by atoms with Gasteiger partial charge in [-0.3, -0.25) is 0 Å². The number of imidazole rings is 1. The second kappa shape index (κ2) is 8.45. The number of nitrogens with one attached hydrogen (secondary N) is 1. The van der Waals surface area contributed by atoms with Crippen molar-refractivity contribution in [3.63, 3.8) is 0 Å². The molecule has 0 unspecified atom stereocenters. The highest BCUT2D eigenvalue weighted by Crippen LogP contribution is 2.30. The van der Waals surface area contributed by atoms with Crippen LogP contribution in [0.1, 0.15) is 5.69 Å². The first kappa shape index (κ1) is 20.2. The predicted octanol–water partition coefficient (Wildman–Crippen LogP) is 5.10. The quantitative estimate of drug-likeness (QED) is 0.422. The summed E-state index contributed by atoms with van der Waals surface area (Å²) in [6.07, 6.45) is 1.78. The van der Waals surface area contributed by atoms with Crippen molar-refractivity contribution in [2.75, 3.05) is 36.5 Å². The molecule has 158 valence electrons. The van der Waals surface area contributed by atoms with Gasteiger partial charge in [0, 0.05) is 28.8 Å². The lowest BCUT2D eigenvalue weighted by molar-refractivity contribution is 0.122. The summed E-state index contributed by atoms with van der Waals surface area (Å²) in [6.45, 7) is 5.07. The van der Waals surface area contributed by atoms with E-state index in [1.807, 2.05) is 53.9 Å². The van der Waals surface area contributed by atoms with Gasteiger partial charge in [0.2, 0.25) is 5.95 Å². The second-order valence-electron chi connectivity index (χ2n) is 7.30. The van der Waals surface area contributed by atoms with E-state index in [-0.39, 0.29) is 0 Å². The molecule has 31 heavy (non-hydrogen) atoms. The zero-order valence-corrected chi connectivity index (χ0v) is 19.2. The molecule has 5 rings (SSSR count). The van der Waals surface area contributed by atoms with Crippen LogP contribution in [0.2, 0.25) is 5.02 Å². The molecule has 1 aliphatic rings. The Balaban J connectivity index is 1.46. The minimum Gasteiger partial charge on any atom is -0.378 e. The van der Waals surface area contributed by atoms with Crippen molar-refractivity contribution >= 4 is 50.4 Å². The van der Waals surface area contributed by atoms with Crippen LogP contribution < -0.4 is 10.2 Å². The molecular formula is C22H20BrClN6O. The highest BCUT2D eigenvalue weighted by atomic mass is 79.9. The first-order chi connectivity index (χ1) is 15.1. The maximum Gasteiger partial charge on any atom is 0.245 e. The van der Waals surface area contributed by atoms with Crippen LogP contribution in [-0.2, 0) is 4.74 Å². The standard InChI is InChI=1S/C22H20BrClN6O/c1-14-20-13-25-22(28-30(20)21(26-14)15-3-2-4-16(23)11-15)27-17-5-6-19(18(24)12-17)29-7-9-31-10-8-29/h2-6,11-13H,7-10H2,1H3,(H,27,28). The maximum atomic E-state index is 6.56. The first-order valence-electron chi connectivity index (χ1n) is 9.96. The average molecular weight is 500 g/mol. The highest BCUT2D eigenvalue weighted by Gasteiger charge is 2.16. The molecule has 3 heterocycles. The number of anilines is 3. The average Bonchev–Trinajstić information content (AvgIpc) is 3.10. The number of aromatic nitrogens is 4. The molecule has 0 amide bonds. The summed E-state index contributed by atoms with van der Waals surface area (Å²) in [5, 5.41) is 8.63. The summed E-state index contributed by atoms with van der Waals surface area (Å²) in [4.78, 5) is 11.4. The zero-order valence-electron chi connectivity index (χ0n) is 16.8. The van der Waals surface area contributed by atoms with Crippen molar-refractivity contribution in [3.05, 3.63) is 63.9 Å². The van der Waals surface area contributed by atoms with Crippen LogP contribution in [0.15, 0.2) is 53.1 Å². The molecule has 1 fully saturated rings. The van der Waals surface area contributed by atoms with Crippen molar-refractivity contribution in [3.8, 4) is 11.4 Å². The van der Waals surface area contributed by atoms with Crippen molar-refractivity contribution in [1.29, 1.82) is 0 Å². The third kappa shape index (κ3) is 4.11. The van der Waals surface area contributed by atoms with E-state index in [1.165, 1.54) is 0 Å². The second-order valence-corrected chi connectivity index (χ2v) is 8.62. The summed E-state index contributed by atoms with van der Waals surface area (Å²) in [5.74, 6) is 1.23. The molecule has 0 spiro atoms. The van der Waals surface area contributed by atoms with Crippen LogP contribution in [0.5, 0.6) is 0 Å².